The van der Waals surface area contributed by atoms with Crippen LogP contribution in [-0.4, -0.2) is 68.9 Å². The summed E-state index contributed by atoms with van der Waals surface area (Å²) in [6, 6.07) is 11.0. The van der Waals surface area contributed by atoms with Gasteiger partial charge in [0.1, 0.15) is 0 Å². The molecule has 2 aliphatic heterocycles. The van der Waals surface area contributed by atoms with Gasteiger partial charge in [-0.25, -0.2) is 0 Å². The molecule has 6 nitrogen and oxygen atoms in total. The maximum atomic E-state index is 6.03. The van der Waals surface area contributed by atoms with E-state index >= 15 is 0 Å². The molecule has 1 aromatic rings. The Balaban J connectivity index is 0.00000341. The Hall–Kier alpha value is -0.900. The second-order valence-electron chi connectivity index (χ2n) is 8.65. The van der Waals surface area contributed by atoms with Crippen LogP contribution in [0.4, 0.5) is 0 Å². The molecule has 0 bridgehead atoms. The Kier molecular flexibility index (Phi) is 12.1. The van der Waals surface area contributed by atoms with E-state index < -0.39 is 0 Å². The van der Waals surface area contributed by atoms with Crippen molar-refractivity contribution < 1.29 is 9.47 Å². The molecule has 0 saturated carbocycles. The Bertz CT molecular complexity index is 636. The maximum absolute atomic E-state index is 6.03. The quantitative estimate of drug-likeness (QED) is 0.281. The number of ether oxygens (including phenoxy) is 2. The molecule has 31 heavy (non-hydrogen) atoms. The number of guanidine groups is 1. The van der Waals surface area contributed by atoms with Crippen molar-refractivity contribution in [1.82, 2.24) is 15.5 Å². The van der Waals surface area contributed by atoms with E-state index in [1.807, 2.05) is 0 Å². The van der Waals surface area contributed by atoms with Gasteiger partial charge in [0.25, 0.3) is 0 Å². The van der Waals surface area contributed by atoms with Gasteiger partial charge in [0, 0.05) is 51.3 Å². The second kappa shape index (κ2) is 14.3. The average Bonchev–Trinajstić information content (AvgIpc) is 3.22. The van der Waals surface area contributed by atoms with Crippen LogP contribution >= 0.6 is 24.0 Å². The molecule has 2 aliphatic rings. The monoisotopic (exact) mass is 544 g/mol. The molecule has 0 aliphatic carbocycles. The zero-order valence-electron chi connectivity index (χ0n) is 19.4. The van der Waals surface area contributed by atoms with Crippen LogP contribution in [0.25, 0.3) is 0 Å². The van der Waals surface area contributed by atoms with Gasteiger partial charge >= 0.3 is 0 Å². The molecular weight excluding hydrogens is 503 g/mol. The molecule has 1 aromatic carbocycles. The lowest BCUT2D eigenvalue weighted by molar-refractivity contribution is 0.0532. The number of hydrogen-bond donors (Lipinski definition) is 2. The smallest absolute Gasteiger partial charge is 0.191 e. The number of nitrogens with zero attached hydrogens (tertiary/aromatic N) is 2. The van der Waals surface area contributed by atoms with E-state index in [0.29, 0.717) is 18.1 Å². The number of likely N-dealkylation sites (tertiary alicyclic amines) is 1. The van der Waals surface area contributed by atoms with Crippen molar-refractivity contribution in [2.45, 2.75) is 58.3 Å². The number of benzene rings is 1. The fourth-order valence-corrected chi connectivity index (χ4v) is 4.27. The van der Waals surface area contributed by atoms with Crippen LogP contribution in [0.3, 0.4) is 0 Å². The van der Waals surface area contributed by atoms with E-state index in [-0.39, 0.29) is 30.1 Å². The fraction of sp³-hybridized carbons (Fsp3) is 0.708. The lowest BCUT2D eigenvalue weighted by Gasteiger charge is -2.33. The highest BCUT2D eigenvalue weighted by Crippen LogP contribution is 2.34. The molecule has 0 amide bonds. The van der Waals surface area contributed by atoms with Crippen LogP contribution in [0.1, 0.15) is 51.7 Å². The number of nitrogens with one attached hydrogen (secondary N) is 2. The first kappa shape index (κ1) is 26.4. The molecule has 2 fully saturated rings. The SMILES string of the molecule is CCNC(=NCC1CCOC1c1ccccc1)NC1CCN(CCOC(C)C)CC1.I. The van der Waals surface area contributed by atoms with Crippen molar-refractivity contribution in [3.8, 4) is 0 Å². The third-order valence-electron chi connectivity index (χ3n) is 5.96. The van der Waals surface area contributed by atoms with Crippen LogP contribution in [0.2, 0.25) is 0 Å². The summed E-state index contributed by atoms with van der Waals surface area (Å²) in [6.45, 7) is 12.9. The summed E-state index contributed by atoms with van der Waals surface area (Å²) >= 11 is 0. The van der Waals surface area contributed by atoms with Crippen molar-refractivity contribution in [2.24, 2.45) is 10.9 Å². The highest BCUT2D eigenvalue weighted by Gasteiger charge is 2.29. The summed E-state index contributed by atoms with van der Waals surface area (Å²) in [5.74, 6) is 1.38. The molecule has 0 radical (unpaired) electrons. The summed E-state index contributed by atoms with van der Waals surface area (Å²) in [4.78, 5) is 7.44. The minimum atomic E-state index is 0. The zero-order valence-corrected chi connectivity index (χ0v) is 21.7. The van der Waals surface area contributed by atoms with Gasteiger partial charge in [0.05, 0.1) is 18.8 Å². The lowest BCUT2D eigenvalue weighted by atomic mass is 9.95. The highest BCUT2D eigenvalue weighted by atomic mass is 127. The number of piperidine rings is 1. The Labute approximate surface area is 205 Å². The van der Waals surface area contributed by atoms with E-state index in [4.69, 9.17) is 14.5 Å². The topological polar surface area (TPSA) is 58.1 Å². The third kappa shape index (κ3) is 8.86. The minimum Gasteiger partial charge on any atom is -0.377 e. The maximum Gasteiger partial charge on any atom is 0.191 e. The van der Waals surface area contributed by atoms with Crippen molar-refractivity contribution in [3.63, 3.8) is 0 Å². The van der Waals surface area contributed by atoms with E-state index in [1.165, 1.54) is 5.56 Å². The average molecular weight is 545 g/mol. The van der Waals surface area contributed by atoms with Crippen LogP contribution < -0.4 is 10.6 Å². The summed E-state index contributed by atoms with van der Waals surface area (Å²) in [7, 11) is 0. The first-order valence-electron chi connectivity index (χ1n) is 11.7. The second-order valence-corrected chi connectivity index (χ2v) is 8.65. The van der Waals surface area contributed by atoms with Gasteiger partial charge in [-0.15, -0.1) is 24.0 Å². The van der Waals surface area contributed by atoms with Crippen molar-refractivity contribution >= 4 is 29.9 Å². The number of hydrogen-bond acceptors (Lipinski definition) is 4. The van der Waals surface area contributed by atoms with Crippen LogP contribution in [0.5, 0.6) is 0 Å². The van der Waals surface area contributed by atoms with Crippen LogP contribution in [-0.2, 0) is 9.47 Å². The Morgan fingerprint density at radius 1 is 1.19 bits per heavy atom. The molecule has 0 aromatic heterocycles. The van der Waals surface area contributed by atoms with E-state index in [0.717, 1.165) is 71.2 Å². The van der Waals surface area contributed by atoms with Gasteiger partial charge in [0.2, 0.25) is 0 Å². The standard InChI is InChI=1S/C24H40N4O2.HI/c1-4-25-24(27-22-10-13-28(14-11-22)15-17-29-19(2)3)26-18-21-12-16-30-23(21)20-8-6-5-7-9-20;/h5-9,19,21-23H,4,10-18H2,1-3H3,(H2,25,26,27);1H. The number of aliphatic imine (C=N–C) groups is 1. The fourth-order valence-electron chi connectivity index (χ4n) is 4.27. The molecule has 2 atom stereocenters. The zero-order chi connectivity index (χ0) is 21.2. The predicted molar refractivity (Wildman–Crippen MR) is 138 cm³/mol. The van der Waals surface area contributed by atoms with Gasteiger partial charge < -0.3 is 25.0 Å². The van der Waals surface area contributed by atoms with Crippen LogP contribution in [0.15, 0.2) is 35.3 Å². The van der Waals surface area contributed by atoms with Gasteiger partial charge in [0.15, 0.2) is 5.96 Å². The molecule has 2 N–H and O–H groups in total. The third-order valence-corrected chi connectivity index (χ3v) is 5.96. The normalized spacial score (nSPS) is 23.0. The van der Waals surface area contributed by atoms with Gasteiger partial charge in [-0.05, 0) is 45.6 Å². The number of rotatable bonds is 9. The Morgan fingerprint density at radius 3 is 2.61 bits per heavy atom. The van der Waals surface area contributed by atoms with Gasteiger partial charge in [-0.1, -0.05) is 30.3 Å². The predicted octanol–water partition coefficient (Wildman–Crippen LogP) is 3.83. The highest BCUT2D eigenvalue weighted by molar-refractivity contribution is 14.0. The Morgan fingerprint density at radius 2 is 1.94 bits per heavy atom. The lowest BCUT2D eigenvalue weighted by Crippen LogP contribution is -2.49. The summed E-state index contributed by atoms with van der Waals surface area (Å²) in [5.41, 5.74) is 1.27. The van der Waals surface area contributed by atoms with E-state index in [9.17, 15) is 0 Å². The first-order chi connectivity index (χ1) is 14.7. The number of halogens is 1. The molecule has 3 rings (SSSR count). The largest absolute Gasteiger partial charge is 0.377 e. The molecule has 2 unspecified atom stereocenters. The molecule has 2 heterocycles. The van der Waals surface area contributed by atoms with Crippen molar-refractivity contribution in [3.05, 3.63) is 35.9 Å². The van der Waals surface area contributed by atoms with Crippen molar-refractivity contribution in [2.75, 3.05) is 45.9 Å². The van der Waals surface area contributed by atoms with Crippen molar-refractivity contribution in [1.29, 1.82) is 0 Å². The molecule has 2 saturated heterocycles. The molecule has 176 valence electrons. The van der Waals surface area contributed by atoms with E-state index in [1.54, 1.807) is 0 Å². The molecular formula is C24H41IN4O2. The summed E-state index contributed by atoms with van der Waals surface area (Å²) < 4.78 is 11.7. The van der Waals surface area contributed by atoms with Gasteiger partial charge in [-0.3, -0.25) is 4.99 Å². The molecule has 7 heteroatoms. The molecule has 0 spiro atoms. The van der Waals surface area contributed by atoms with Crippen LogP contribution in [0, 0.1) is 5.92 Å². The van der Waals surface area contributed by atoms with E-state index in [2.05, 4.69) is 66.6 Å². The first-order valence-corrected chi connectivity index (χ1v) is 11.7. The summed E-state index contributed by atoms with van der Waals surface area (Å²) in [6.07, 6.45) is 3.83. The summed E-state index contributed by atoms with van der Waals surface area (Å²) in [5, 5.41) is 7.10. The minimum absolute atomic E-state index is 0. The van der Waals surface area contributed by atoms with Gasteiger partial charge in [-0.2, -0.15) is 0 Å².